The summed E-state index contributed by atoms with van der Waals surface area (Å²) in [6.07, 6.45) is 3.55. The molecule has 76 valence electrons. The first kappa shape index (κ1) is 12.0. The van der Waals surface area contributed by atoms with E-state index in [0.717, 1.165) is 6.42 Å². The van der Waals surface area contributed by atoms with Crippen LogP contribution in [0.5, 0.6) is 0 Å². The van der Waals surface area contributed by atoms with Gasteiger partial charge in [0.1, 0.15) is 0 Å². The minimum Gasteiger partial charge on any atom is -0.498 e. The van der Waals surface area contributed by atoms with Crippen molar-refractivity contribution in [2.75, 3.05) is 0 Å². The molecule has 0 amide bonds. The van der Waals surface area contributed by atoms with E-state index in [-0.39, 0.29) is 18.2 Å². The normalized spacial score (nSPS) is 13.3. The Bertz CT molecular complexity index is 173. The number of hydrogen-bond donors (Lipinski definition) is 0. The fraction of sp³-hybridized carbons (Fsp3) is 0.700. The molecule has 1 atom stereocenters. The van der Waals surface area contributed by atoms with Gasteiger partial charge in [-0.3, -0.25) is 0 Å². The predicted molar refractivity (Wildman–Crippen MR) is 51.2 cm³/mol. The second-order valence-electron chi connectivity index (χ2n) is 3.14. The van der Waals surface area contributed by atoms with Gasteiger partial charge in [-0.05, 0) is 27.2 Å². The Morgan fingerprint density at radius 3 is 2.46 bits per heavy atom. The topological polar surface area (TPSA) is 35.5 Å². The van der Waals surface area contributed by atoms with Crippen molar-refractivity contribution in [3.8, 4) is 0 Å². The lowest BCUT2D eigenvalue weighted by Gasteiger charge is -2.08. The Labute approximate surface area is 79.7 Å². The molecule has 3 heteroatoms. The molecule has 0 saturated heterocycles. The van der Waals surface area contributed by atoms with Crippen LogP contribution in [0.25, 0.3) is 0 Å². The van der Waals surface area contributed by atoms with Crippen molar-refractivity contribution >= 4 is 5.97 Å². The molecular weight excluding hydrogens is 168 g/mol. The summed E-state index contributed by atoms with van der Waals surface area (Å²) in [5.74, 6) is -0.352. The fourth-order valence-corrected chi connectivity index (χ4v) is 0.573. The molecule has 1 unspecified atom stereocenters. The van der Waals surface area contributed by atoms with Crippen molar-refractivity contribution in [1.29, 1.82) is 0 Å². The summed E-state index contributed by atoms with van der Waals surface area (Å²) < 4.78 is 10.0. The molecule has 0 saturated carbocycles. The van der Waals surface area contributed by atoms with Gasteiger partial charge in [-0.1, -0.05) is 6.92 Å². The lowest BCUT2D eigenvalue weighted by atomic mass is 10.3. The standard InChI is InChI=1S/C10H18O3/c1-5-9(4)13-10(11)6-7-12-8(2)3/h6-9H,5H2,1-4H3. The van der Waals surface area contributed by atoms with Gasteiger partial charge >= 0.3 is 5.97 Å². The van der Waals surface area contributed by atoms with Gasteiger partial charge in [0.15, 0.2) is 0 Å². The monoisotopic (exact) mass is 186 g/mol. The van der Waals surface area contributed by atoms with Crippen molar-refractivity contribution in [1.82, 2.24) is 0 Å². The van der Waals surface area contributed by atoms with Crippen LogP contribution in [0.3, 0.4) is 0 Å². The first-order valence-corrected chi connectivity index (χ1v) is 4.58. The fourth-order valence-electron chi connectivity index (χ4n) is 0.573. The van der Waals surface area contributed by atoms with Crippen LogP contribution in [-0.4, -0.2) is 18.2 Å². The quantitative estimate of drug-likeness (QED) is 0.375. The maximum absolute atomic E-state index is 11.0. The molecule has 0 aliphatic rings. The Morgan fingerprint density at radius 1 is 1.38 bits per heavy atom. The van der Waals surface area contributed by atoms with Gasteiger partial charge < -0.3 is 9.47 Å². The third-order valence-corrected chi connectivity index (χ3v) is 1.45. The minimum atomic E-state index is -0.352. The highest BCUT2D eigenvalue weighted by Gasteiger charge is 2.03. The van der Waals surface area contributed by atoms with Crippen LogP contribution in [0, 0.1) is 0 Å². The summed E-state index contributed by atoms with van der Waals surface area (Å²) in [7, 11) is 0. The molecule has 0 fully saturated rings. The lowest BCUT2D eigenvalue weighted by molar-refractivity contribution is -0.142. The van der Waals surface area contributed by atoms with Crippen LogP contribution in [0.15, 0.2) is 12.3 Å². The Morgan fingerprint density at radius 2 is 2.00 bits per heavy atom. The first-order valence-electron chi connectivity index (χ1n) is 4.58. The van der Waals surface area contributed by atoms with Gasteiger partial charge in [0, 0.05) is 0 Å². The third kappa shape index (κ3) is 7.37. The van der Waals surface area contributed by atoms with Crippen molar-refractivity contribution in [2.45, 2.75) is 46.3 Å². The minimum absolute atomic E-state index is 0.0313. The van der Waals surface area contributed by atoms with E-state index >= 15 is 0 Å². The van der Waals surface area contributed by atoms with E-state index in [1.807, 2.05) is 27.7 Å². The molecule has 0 aromatic rings. The van der Waals surface area contributed by atoms with Gasteiger partial charge in [0.25, 0.3) is 0 Å². The van der Waals surface area contributed by atoms with Gasteiger partial charge in [-0.25, -0.2) is 4.79 Å². The Hall–Kier alpha value is -0.990. The van der Waals surface area contributed by atoms with Crippen LogP contribution < -0.4 is 0 Å². The summed E-state index contributed by atoms with van der Waals surface area (Å²) in [4.78, 5) is 11.0. The zero-order valence-corrected chi connectivity index (χ0v) is 8.74. The molecule has 0 heterocycles. The van der Waals surface area contributed by atoms with Crippen LogP contribution in [0.2, 0.25) is 0 Å². The van der Waals surface area contributed by atoms with Crippen molar-refractivity contribution < 1.29 is 14.3 Å². The van der Waals surface area contributed by atoms with Crippen molar-refractivity contribution in [2.24, 2.45) is 0 Å². The SMILES string of the molecule is CCC(C)OC(=O)C=COC(C)C. The molecule has 13 heavy (non-hydrogen) atoms. The lowest BCUT2D eigenvalue weighted by Crippen LogP contribution is -2.11. The molecular formula is C10H18O3. The summed E-state index contributed by atoms with van der Waals surface area (Å²) >= 11 is 0. The van der Waals surface area contributed by atoms with Crippen LogP contribution in [0.1, 0.15) is 34.1 Å². The van der Waals surface area contributed by atoms with Crippen LogP contribution in [0.4, 0.5) is 0 Å². The number of esters is 1. The Balaban J connectivity index is 3.67. The van der Waals surface area contributed by atoms with Gasteiger partial charge in [-0.2, -0.15) is 0 Å². The highest BCUT2D eigenvalue weighted by molar-refractivity contribution is 5.81. The average Bonchev–Trinajstić information content (AvgIpc) is 2.03. The van der Waals surface area contributed by atoms with E-state index in [1.165, 1.54) is 12.3 Å². The Kier molecular flexibility index (Phi) is 6.02. The van der Waals surface area contributed by atoms with E-state index < -0.39 is 0 Å². The second kappa shape index (κ2) is 6.52. The summed E-state index contributed by atoms with van der Waals surface area (Å²) in [5, 5.41) is 0. The molecule has 0 aliphatic heterocycles. The molecule has 0 bridgehead atoms. The highest BCUT2D eigenvalue weighted by atomic mass is 16.5. The molecule has 3 nitrogen and oxygen atoms in total. The number of carbonyl (C=O) groups is 1. The number of carbonyl (C=O) groups excluding carboxylic acids is 1. The highest BCUT2D eigenvalue weighted by Crippen LogP contribution is 1.97. The average molecular weight is 186 g/mol. The van der Waals surface area contributed by atoms with E-state index in [2.05, 4.69) is 0 Å². The number of ether oxygens (including phenoxy) is 2. The molecule has 0 N–H and O–H groups in total. The predicted octanol–water partition coefficient (Wildman–Crippen LogP) is 2.27. The third-order valence-electron chi connectivity index (χ3n) is 1.45. The summed E-state index contributed by atoms with van der Waals surface area (Å²) in [6.45, 7) is 7.61. The van der Waals surface area contributed by atoms with Crippen molar-refractivity contribution in [3.63, 3.8) is 0 Å². The first-order chi connectivity index (χ1) is 6.06. The van der Waals surface area contributed by atoms with Gasteiger partial charge in [0.05, 0.1) is 24.5 Å². The maximum atomic E-state index is 11.0. The zero-order valence-electron chi connectivity index (χ0n) is 8.74. The van der Waals surface area contributed by atoms with E-state index in [1.54, 1.807) is 0 Å². The molecule has 0 aromatic carbocycles. The second-order valence-corrected chi connectivity index (χ2v) is 3.14. The molecule has 0 aromatic heterocycles. The molecule has 0 radical (unpaired) electrons. The zero-order chi connectivity index (χ0) is 10.3. The largest absolute Gasteiger partial charge is 0.498 e. The van der Waals surface area contributed by atoms with Crippen molar-refractivity contribution in [3.05, 3.63) is 12.3 Å². The number of hydrogen-bond acceptors (Lipinski definition) is 3. The maximum Gasteiger partial charge on any atom is 0.334 e. The molecule has 0 rings (SSSR count). The van der Waals surface area contributed by atoms with Gasteiger partial charge in [-0.15, -0.1) is 0 Å². The van der Waals surface area contributed by atoms with Gasteiger partial charge in [0.2, 0.25) is 0 Å². The molecule has 0 aliphatic carbocycles. The summed E-state index contributed by atoms with van der Waals surface area (Å²) in [5.41, 5.74) is 0. The van der Waals surface area contributed by atoms with E-state index in [9.17, 15) is 4.79 Å². The van der Waals surface area contributed by atoms with Crippen LogP contribution >= 0.6 is 0 Å². The number of rotatable bonds is 5. The van der Waals surface area contributed by atoms with E-state index in [4.69, 9.17) is 9.47 Å². The molecule has 0 spiro atoms. The van der Waals surface area contributed by atoms with Crippen LogP contribution in [-0.2, 0) is 14.3 Å². The van der Waals surface area contributed by atoms with E-state index in [0.29, 0.717) is 0 Å². The smallest absolute Gasteiger partial charge is 0.334 e. The summed E-state index contributed by atoms with van der Waals surface area (Å²) in [6, 6.07) is 0.